The second-order valence-electron chi connectivity index (χ2n) is 10.2. The van der Waals surface area contributed by atoms with Crippen LogP contribution in [0.25, 0.3) is 0 Å². The minimum absolute atomic E-state index is 0.00680. The van der Waals surface area contributed by atoms with E-state index in [-0.39, 0.29) is 30.6 Å². The molecule has 0 amide bonds. The van der Waals surface area contributed by atoms with Crippen LogP contribution in [0.15, 0.2) is 11.6 Å². The van der Waals surface area contributed by atoms with Crippen molar-refractivity contribution < 1.29 is 38.5 Å². The first-order valence-electron chi connectivity index (χ1n) is 10.5. The number of fused-ring (bicyclic) bond motifs is 5. The van der Waals surface area contributed by atoms with Gasteiger partial charge in [0.15, 0.2) is 29.7 Å². The molecule has 4 aliphatic carbocycles. The van der Waals surface area contributed by atoms with Gasteiger partial charge in [0.2, 0.25) is 0 Å². The lowest BCUT2D eigenvalue weighted by Gasteiger charge is -2.62. The smallest absolute Gasteiger partial charge is 0.196 e. The van der Waals surface area contributed by atoms with Crippen LogP contribution in [0.4, 0.5) is 8.78 Å². The molecule has 0 aliphatic heterocycles. The summed E-state index contributed by atoms with van der Waals surface area (Å²) in [7, 11) is 0. The van der Waals surface area contributed by atoms with Gasteiger partial charge in [-0.15, -0.1) is 0 Å². The van der Waals surface area contributed by atoms with Crippen molar-refractivity contribution in [1.82, 2.24) is 0 Å². The Kier molecular flexibility index (Phi) is 4.53. The molecule has 0 aromatic rings. The number of halogens is 2. The topological polar surface area (TPSA) is 112 Å². The number of aliphatic hydroxyl groups excluding tert-OH is 2. The van der Waals surface area contributed by atoms with Crippen LogP contribution in [0.2, 0.25) is 0 Å². The van der Waals surface area contributed by atoms with Crippen LogP contribution in [0.1, 0.15) is 46.5 Å². The van der Waals surface area contributed by atoms with Crippen molar-refractivity contribution >= 4 is 17.3 Å². The molecule has 3 unspecified atom stereocenters. The van der Waals surface area contributed by atoms with Crippen LogP contribution in [0.3, 0.4) is 0 Å². The molecule has 0 heterocycles. The van der Waals surface area contributed by atoms with Crippen LogP contribution in [0.5, 0.6) is 0 Å². The highest BCUT2D eigenvalue weighted by Crippen LogP contribution is 2.70. The largest absolute Gasteiger partial charge is 0.390 e. The molecule has 30 heavy (non-hydrogen) atoms. The molecule has 0 aromatic heterocycles. The summed E-state index contributed by atoms with van der Waals surface area (Å²) in [6.45, 7) is 3.11. The van der Waals surface area contributed by atoms with Gasteiger partial charge in [0, 0.05) is 29.6 Å². The van der Waals surface area contributed by atoms with Gasteiger partial charge in [0.1, 0.15) is 11.7 Å². The summed E-state index contributed by atoms with van der Waals surface area (Å²) in [5, 5.41) is 33.1. The van der Waals surface area contributed by atoms with Gasteiger partial charge in [-0.3, -0.25) is 14.4 Å². The number of alkyl halides is 2. The van der Waals surface area contributed by atoms with Gasteiger partial charge in [-0.1, -0.05) is 20.8 Å². The van der Waals surface area contributed by atoms with Gasteiger partial charge < -0.3 is 15.3 Å². The molecule has 0 spiro atoms. The SMILES string of the molecule is CC1C[C@H]2[C@@H]3C(O)C(O)C4=CC(=O)CC[C@]4(C)[C@@]3(F)C(=O)C[C@]2(C)[C@@]1(O)C(=O)CF. The first-order chi connectivity index (χ1) is 13.8. The van der Waals surface area contributed by atoms with Crippen LogP contribution in [-0.2, 0) is 14.4 Å². The number of carbonyl (C=O) groups is 3. The summed E-state index contributed by atoms with van der Waals surface area (Å²) < 4.78 is 30.3. The monoisotopic (exact) mass is 426 g/mol. The normalized spacial score (nSPS) is 52.9. The summed E-state index contributed by atoms with van der Waals surface area (Å²) in [6.07, 6.45) is -2.50. The Morgan fingerprint density at radius 3 is 2.50 bits per heavy atom. The fourth-order valence-electron chi connectivity index (χ4n) is 7.34. The van der Waals surface area contributed by atoms with Crippen molar-refractivity contribution in [3.63, 3.8) is 0 Å². The third-order valence-corrected chi connectivity index (χ3v) is 9.02. The van der Waals surface area contributed by atoms with Crippen molar-refractivity contribution in [3.05, 3.63) is 11.6 Å². The number of ketones is 3. The second kappa shape index (κ2) is 6.26. The molecule has 9 atom stereocenters. The van der Waals surface area contributed by atoms with Crippen LogP contribution >= 0.6 is 0 Å². The molecule has 4 rings (SSSR count). The zero-order chi connectivity index (χ0) is 22.4. The van der Waals surface area contributed by atoms with E-state index < -0.39 is 76.7 Å². The molecule has 0 saturated heterocycles. The zero-order valence-corrected chi connectivity index (χ0v) is 17.3. The Morgan fingerprint density at radius 1 is 1.27 bits per heavy atom. The van der Waals surface area contributed by atoms with E-state index in [0.717, 1.165) is 6.08 Å². The molecule has 6 nitrogen and oxygen atoms in total. The van der Waals surface area contributed by atoms with E-state index in [2.05, 4.69) is 0 Å². The Morgan fingerprint density at radius 2 is 1.90 bits per heavy atom. The average Bonchev–Trinajstić information content (AvgIpc) is 2.89. The zero-order valence-electron chi connectivity index (χ0n) is 17.3. The number of hydrogen-bond acceptors (Lipinski definition) is 6. The third-order valence-electron chi connectivity index (χ3n) is 9.02. The summed E-state index contributed by atoms with van der Waals surface area (Å²) in [5.74, 6) is -5.23. The van der Waals surface area contributed by atoms with Crippen LogP contribution < -0.4 is 0 Å². The summed E-state index contributed by atoms with van der Waals surface area (Å²) in [5.41, 5.74) is -7.70. The molecule has 3 saturated carbocycles. The first kappa shape index (κ1) is 21.7. The molecular weight excluding hydrogens is 398 g/mol. The fraction of sp³-hybridized carbons (Fsp3) is 0.773. The minimum atomic E-state index is -2.58. The number of carbonyl (C=O) groups excluding carboxylic acids is 3. The maximum absolute atomic E-state index is 16.9. The fourth-order valence-corrected chi connectivity index (χ4v) is 7.34. The molecule has 3 N–H and O–H groups in total. The summed E-state index contributed by atoms with van der Waals surface area (Å²) >= 11 is 0. The molecule has 166 valence electrons. The summed E-state index contributed by atoms with van der Waals surface area (Å²) in [6, 6.07) is 0. The third kappa shape index (κ3) is 2.15. The number of hydrogen-bond donors (Lipinski definition) is 3. The van der Waals surface area contributed by atoms with Crippen molar-refractivity contribution in [1.29, 1.82) is 0 Å². The molecule has 3 fully saturated rings. The van der Waals surface area contributed by atoms with Crippen LogP contribution in [0, 0.1) is 28.6 Å². The van der Waals surface area contributed by atoms with E-state index in [1.807, 2.05) is 0 Å². The highest BCUT2D eigenvalue weighted by molar-refractivity contribution is 5.97. The minimum Gasteiger partial charge on any atom is -0.390 e. The van der Waals surface area contributed by atoms with E-state index in [1.54, 1.807) is 6.92 Å². The molecular formula is C22H28F2O6. The lowest BCUT2D eigenvalue weighted by atomic mass is 9.43. The maximum Gasteiger partial charge on any atom is 0.196 e. The number of Topliss-reactive ketones (excluding diaryl/α,β-unsaturated/α-hetero) is 2. The first-order valence-corrected chi connectivity index (χ1v) is 10.5. The average molecular weight is 426 g/mol. The van der Waals surface area contributed by atoms with Crippen molar-refractivity contribution in [3.8, 4) is 0 Å². The molecule has 8 heteroatoms. The highest BCUT2D eigenvalue weighted by atomic mass is 19.1. The molecule has 0 bridgehead atoms. The lowest BCUT2D eigenvalue weighted by Crippen LogP contribution is -2.73. The van der Waals surface area contributed by atoms with Crippen LogP contribution in [-0.4, -0.2) is 62.8 Å². The van der Waals surface area contributed by atoms with E-state index in [4.69, 9.17) is 0 Å². The second-order valence-corrected chi connectivity index (χ2v) is 10.2. The van der Waals surface area contributed by atoms with E-state index in [1.165, 1.54) is 13.8 Å². The highest BCUT2D eigenvalue weighted by Gasteiger charge is 2.78. The lowest BCUT2D eigenvalue weighted by molar-refractivity contribution is -0.217. The maximum atomic E-state index is 16.9. The predicted molar refractivity (Wildman–Crippen MR) is 101 cm³/mol. The van der Waals surface area contributed by atoms with E-state index >= 15 is 4.39 Å². The van der Waals surface area contributed by atoms with E-state index in [0.29, 0.717) is 0 Å². The van der Waals surface area contributed by atoms with Crippen molar-refractivity contribution in [2.75, 3.05) is 6.67 Å². The van der Waals surface area contributed by atoms with Gasteiger partial charge in [0.05, 0.1) is 6.10 Å². The Bertz CT molecular complexity index is 872. The van der Waals surface area contributed by atoms with Gasteiger partial charge >= 0.3 is 0 Å². The Hall–Kier alpha value is -1.51. The Labute approximate surface area is 173 Å². The molecule has 0 radical (unpaired) electrons. The van der Waals surface area contributed by atoms with Gasteiger partial charge in [-0.05, 0) is 36.3 Å². The molecule has 4 aliphatic rings. The Balaban J connectivity index is 1.92. The quantitative estimate of drug-likeness (QED) is 0.613. The molecule has 0 aromatic carbocycles. The van der Waals surface area contributed by atoms with Gasteiger partial charge in [-0.2, -0.15) is 0 Å². The summed E-state index contributed by atoms with van der Waals surface area (Å²) in [4.78, 5) is 37.8. The number of rotatable bonds is 2. The van der Waals surface area contributed by atoms with Crippen molar-refractivity contribution in [2.45, 2.75) is 69.9 Å². The van der Waals surface area contributed by atoms with Crippen molar-refractivity contribution in [2.24, 2.45) is 28.6 Å². The van der Waals surface area contributed by atoms with E-state index in [9.17, 15) is 34.1 Å². The van der Waals surface area contributed by atoms with Gasteiger partial charge in [-0.25, -0.2) is 8.78 Å². The standard InChI is InChI=1S/C22H28F2O6/c1-10-6-12-16-18(29)17(28)13-7-11(25)4-5-19(13,2)21(16,24)14(26)8-20(12,3)22(10,30)15(27)9-23/h7,10,12,16-18,28-30H,4-6,8-9H2,1-3H3/t10?,12-,16+,17?,18?,19-,20-,21+,22-/m0/s1. The number of aliphatic hydroxyl groups is 3. The van der Waals surface area contributed by atoms with Gasteiger partial charge in [0.25, 0.3) is 0 Å². The predicted octanol–water partition coefficient (Wildman–Crippen LogP) is 1.25.